The van der Waals surface area contributed by atoms with Crippen molar-refractivity contribution in [3.63, 3.8) is 0 Å². The summed E-state index contributed by atoms with van der Waals surface area (Å²) in [6.45, 7) is 3.48. The molecule has 28 heavy (non-hydrogen) atoms. The summed E-state index contributed by atoms with van der Waals surface area (Å²) in [5, 5.41) is 17.8. The number of nitrogens with one attached hydrogen (secondary N) is 1. The number of H-pyrrole nitrogens is 1. The molecule has 3 aromatic rings. The number of benzene rings is 1. The molecular weight excluding hydrogens is 379 g/mol. The lowest BCUT2D eigenvalue weighted by atomic mass is 10.1. The van der Waals surface area contributed by atoms with Crippen molar-refractivity contribution in [3.05, 3.63) is 53.7 Å². The van der Waals surface area contributed by atoms with Crippen LogP contribution in [0.4, 0.5) is 13.2 Å². The molecule has 0 aliphatic rings. The second kappa shape index (κ2) is 9.13. The molecule has 0 bridgehead atoms. The van der Waals surface area contributed by atoms with Gasteiger partial charge in [0, 0.05) is 18.2 Å². The van der Waals surface area contributed by atoms with Gasteiger partial charge in [0.05, 0.1) is 12.2 Å². The van der Waals surface area contributed by atoms with Crippen molar-refractivity contribution in [1.29, 1.82) is 0 Å². The van der Waals surface area contributed by atoms with Crippen LogP contribution < -0.4 is 0 Å². The van der Waals surface area contributed by atoms with Gasteiger partial charge in [-0.3, -0.25) is 10.00 Å². The molecule has 0 spiro atoms. The number of aryl methyl sites for hydroxylation is 1. The van der Waals surface area contributed by atoms with E-state index in [1.54, 1.807) is 0 Å². The first-order valence-electron chi connectivity index (χ1n) is 8.00. The quantitative estimate of drug-likeness (QED) is 0.681. The Morgan fingerprint density at radius 3 is 2.54 bits per heavy atom. The van der Waals surface area contributed by atoms with Gasteiger partial charge >= 0.3 is 12.1 Å². The minimum Gasteiger partial charge on any atom is -0.475 e. The summed E-state index contributed by atoms with van der Waals surface area (Å²) in [6.07, 6.45) is -3.57. The fraction of sp³-hybridized carbons (Fsp3) is 0.294. The smallest absolute Gasteiger partial charge is 0.475 e. The molecule has 0 radical (unpaired) electrons. The van der Waals surface area contributed by atoms with Crippen LogP contribution in [0.5, 0.6) is 0 Å². The third-order valence-electron chi connectivity index (χ3n) is 3.41. The van der Waals surface area contributed by atoms with Gasteiger partial charge in [-0.2, -0.15) is 18.3 Å². The Balaban J connectivity index is 0.000000345. The molecule has 0 fully saturated rings. The fourth-order valence-corrected chi connectivity index (χ4v) is 2.29. The lowest BCUT2D eigenvalue weighted by molar-refractivity contribution is -0.192. The maximum atomic E-state index is 10.6. The number of hydrogen-bond acceptors (Lipinski definition) is 6. The van der Waals surface area contributed by atoms with E-state index in [0.29, 0.717) is 0 Å². The number of aliphatic carboxylic acids is 1. The van der Waals surface area contributed by atoms with E-state index < -0.39 is 12.1 Å². The standard InChI is InChI=1S/C15H17N5O.C2HF3O2/c1-11-6-14(21-19-11)9-20(2)8-12-4-3-5-13(7-12)15-16-10-17-18-15;3-2(4,5)1(6)7/h3-7,10H,8-9H2,1-2H3,(H,16,17,18);(H,6,7). The lowest BCUT2D eigenvalue weighted by Gasteiger charge is -2.15. The highest BCUT2D eigenvalue weighted by atomic mass is 19.4. The normalized spacial score (nSPS) is 11.2. The number of nitrogens with zero attached hydrogens (tertiary/aromatic N) is 4. The summed E-state index contributed by atoms with van der Waals surface area (Å²) in [7, 11) is 2.05. The van der Waals surface area contributed by atoms with Gasteiger partial charge in [0.1, 0.15) is 6.33 Å². The van der Waals surface area contributed by atoms with Crippen LogP contribution in [0.25, 0.3) is 11.4 Å². The number of rotatable bonds is 5. The van der Waals surface area contributed by atoms with E-state index in [0.717, 1.165) is 35.9 Å². The number of halogens is 3. The van der Waals surface area contributed by atoms with Crippen molar-refractivity contribution in [1.82, 2.24) is 25.2 Å². The van der Waals surface area contributed by atoms with Gasteiger partial charge in [0.25, 0.3) is 0 Å². The maximum absolute atomic E-state index is 10.6. The minimum absolute atomic E-state index is 0.730. The Morgan fingerprint density at radius 1 is 1.29 bits per heavy atom. The molecule has 150 valence electrons. The molecule has 0 aliphatic carbocycles. The van der Waals surface area contributed by atoms with Gasteiger partial charge in [-0.05, 0) is 25.6 Å². The zero-order valence-electron chi connectivity index (χ0n) is 15.1. The van der Waals surface area contributed by atoms with Gasteiger partial charge in [0.2, 0.25) is 0 Å². The van der Waals surface area contributed by atoms with E-state index in [1.165, 1.54) is 11.9 Å². The van der Waals surface area contributed by atoms with E-state index in [2.05, 4.69) is 44.4 Å². The molecule has 0 saturated carbocycles. The van der Waals surface area contributed by atoms with Crippen molar-refractivity contribution in [2.45, 2.75) is 26.2 Å². The number of alkyl halides is 3. The Kier molecular flexibility index (Phi) is 6.88. The Bertz CT molecular complexity index is 894. The summed E-state index contributed by atoms with van der Waals surface area (Å²) >= 11 is 0. The Morgan fingerprint density at radius 2 is 2.00 bits per heavy atom. The zero-order valence-corrected chi connectivity index (χ0v) is 15.1. The molecule has 0 saturated heterocycles. The van der Waals surface area contributed by atoms with Gasteiger partial charge in [-0.25, -0.2) is 9.78 Å². The first kappa shape index (κ1) is 21.1. The van der Waals surface area contributed by atoms with Gasteiger partial charge in [-0.1, -0.05) is 23.4 Å². The summed E-state index contributed by atoms with van der Waals surface area (Å²) < 4.78 is 37.0. The van der Waals surface area contributed by atoms with E-state index in [1.807, 2.05) is 25.1 Å². The van der Waals surface area contributed by atoms with Crippen molar-refractivity contribution >= 4 is 5.97 Å². The topological polar surface area (TPSA) is 108 Å². The largest absolute Gasteiger partial charge is 0.490 e. The molecule has 0 unspecified atom stereocenters. The van der Waals surface area contributed by atoms with Crippen LogP contribution >= 0.6 is 0 Å². The molecule has 11 heteroatoms. The second-order valence-electron chi connectivity index (χ2n) is 5.94. The molecule has 2 heterocycles. The average Bonchev–Trinajstić information content (AvgIpc) is 3.26. The van der Waals surface area contributed by atoms with Crippen LogP contribution in [0.3, 0.4) is 0 Å². The van der Waals surface area contributed by atoms with Crippen LogP contribution in [0.2, 0.25) is 0 Å². The highest BCUT2D eigenvalue weighted by Crippen LogP contribution is 2.17. The number of carbonyl (C=O) groups is 1. The fourth-order valence-electron chi connectivity index (χ4n) is 2.29. The number of aromatic amines is 1. The third-order valence-corrected chi connectivity index (χ3v) is 3.41. The van der Waals surface area contributed by atoms with Crippen LogP contribution in [0.15, 0.2) is 41.2 Å². The van der Waals surface area contributed by atoms with Crippen molar-refractivity contribution in [2.75, 3.05) is 7.05 Å². The van der Waals surface area contributed by atoms with E-state index in [-0.39, 0.29) is 0 Å². The predicted octanol–water partition coefficient (Wildman–Crippen LogP) is 3.03. The van der Waals surface area contributed by atoms with Crippen molar-refractivity contribution in [2.24, 2.45) is 0 Å². The molecular formula is C17H18F3N5O3. The summed E-state index contributed by atoms with van der Waals surface area (Å²) in [5.41, 5.74) is 3.15. The zero-order chi connectivity index (χ0) is 20.7. The van der Waals surface area contributed by atoms with Crippen molar-refractivity contribution < 1.29 is 27.6 Å². The predicted molar refractivity (Wildman–Crippen MR) is 91.9 cm³/mol. The highest BCUT2D eigenvalue weighted by Gasteiger charge is 2.38. The van der Waals surface area contributed by atoms with Crippen molar-refractivity contribution in [3.8, 4) is 11.4 Å². The minimum atomic E-state index is -5.08. The number of carboxylic acid groups (broad SMARTS) is 1. The summed E-state index contributed by atoms with van der Waals surface area (Å²) in [4.78, 5) is 15.2. The Labute approximate surface area is 158 Å². The second-order valence-corrected chi connectivity index (χ2v) is 5.94. The van der Waals surface area contributed by atoms with E-state index in [9.17, 15) is 13.2 Å². The first-order valence-corrected chi connectivity index (χ1v) is 8.00. The molecule has 0 aliphatic heterocycles. The molecule has 1 aromatic carbocycles. The molecule has 8 nitrogen and oxygen atoms in total. The van der Waals surface area contributed by atoms with Crippen LogP contribution in [0.1, 0.15) is 17.0 Å². The Hall–Kier alpha value is -3.21. The van der Waals surface area contributed by atoms with Crippen LogP contribution in [-0.4, -0.2) is 49.5 Å². The monoisotopic (exact) mass is 397 g/mol. The van der Waals surface area contributed by atoms with E-state index >= 15 is 0 Å². The summed E-state index contributed by atoms with van der Waals surface area (Å²) in [6, 6.07) is 10.2. The average molecular weight is 397 g/mol. The SMILES string of the molecule is Cc1cc(CN(C)Cc2cccc(-c3ncn[nH]3)c2)on1.O=C(O)C(F)(F)F. The molecule has 0 atom stereocenters. The first-order chi connectivity index (χ1) is 13.1. The maximum Gasteiger partial charge on any atom is 0.490 e. The molecule has 2 aromatic heterocycles. The number of aromatic nitrogens is 4. The van der Waals surface area contributed by atoms with E-state index in [4.69, 9.17) is 14.4 Å². The lowest BCUT2D eigenvalue weighted by Crippen LogP contribution is -2.21. The highest BCUT2D eigenvalue weighted by molar-refractivity contribution is 5.73. The van der Waals surface area contributed by atoms with Crippen LogP contribution in [-0.2, 0) is 17.9 Å². The molecule has 0 amide bonds. The molecule has 3 rings (SSSR count). The van der Waals surface area contributed by atoms with Gasteiger partial charge in [0.15, 0.2) is 11.6 Å². The number of hydrogen-bond donors (Lipinski definition) is 2. The third kappa shape index (κ3) is 6.50. The number of carboxylic acids is 1. The van der Waals surface area contributed by atoms with Gasteiger partial charge < -0.3 is 9.63 Å². The van der Waals surface area contributed by atoms with Crippen LogP contribution in [0, 0.1) is 6.92 Å². The van der Waals surface area contributed by atoms with Gasteiger partial charge in [-0.15, -0.1) is 0 Å². The summed E-state index contributed by atoms with van der Waals surface area (Å²) in [5.74, 6) is -1.10. The molecule has 2 N–H and O–H groups in total.